The maximum absolute atomic E-state index is 5.94. The molecule has 0 bridgehead atoms. The first-order chi connectivity index (χ1) is 9.75. The van der Waals surface area contributed by atoms with E-state index < -0.39 is 0 Å². The zero-order chi connectivity index (χ0) is 14.2. The zero-order valence-corrected chi connectivity index (χ0v) is 14.0. The summed E-state index contributed by atoms with van der Waals surface area (Å²) in [5, 5.41) is 3.56. The molecule has 1 unspecified atom stereocenters. The Morgan fingerprint density at radius 3 is 2.60 bits per heavy atom. The third-order valence-electron chi connectivity index (χ3n) is 4.05. The number of hydrogen-bond donors (Lipinski definition) is 1. The largest absolute Gasteiger partial charge is 0.378 e. The third-order valence-corrected chi connectivity index (χ3v) is 4.58. The van der Waals surface area contributed by atoms with Crippen molar-refractivity contribution in [2.75, 3.05) is 13.2 Å². The number of halogens is 1. The Hall–Kier alpha value is -0.380. The average Bonchev–Trinajstić information content (AvgIpc) is 2.48. The van der Waals surface area contributed by atoms with Gasteiger partial charge < -0.3 is 10.1 Å². The monoisotopic (exact) mass is 339 g/mol. The Kier molecular flexibility index (Phi) is 7.05. The molecule has 0 aliphatic heterocycles. The second-order valence-corrected chi connectivity index (χ2v) is 6.63. The minimum absolute atomic E-state index is 0.401. The summed E-state index contributed by atoms with van der Waals surface area (Å²) in [6, 6.07) is 8.93. The second-order valence-electron chi connectivity index (χ2n) is 5.71. The van der Waals surface area contributed by atoms with Gasteiger partial charge in [-0.2, -0.15) is 0 Å². The van der Waals surface area contributed by atoms with Crippen molar-refractivity contribution in [2.24, 2.45) is 0 Å². The van der Waals surface area contributed by atoms with Crippen LogP contribution in [0.2, 0.25) is 0 Å². The molecule has 112 valence electrons. The molecule has 1 aliphatic rings. The van der Waals surface area contributed by atoms with Gasteiger partial charge in [0.25, 0.3) is 0 Å². The van der Waals surface area contributed by atoms with E-state index in [1.54, 1.807) is 0 Å². The summed E-state index contributed by atoms with van der Waals surface area (Å²) in [5.41, 5.74) is 1.33. The number of nitrogens with one attached hydrogen (secondary N) is 1. The lowest BCUT2D eigenvalue weighted by Crippen LogP contribution is -2.23. The van der Waals surface area contributed by atoms with Crippen molar-refractivity contribution in [2.45, 2.75) is 57.6 Å². The summed E-state index contributed by atoms with van der Waals surface area (Å²) in [4.78, 5) is 0. The van der Waals surface area contributed by atoms with Gasteiger partial charge in [-0.3, -0.25) is 0 Å². The molecule has 1 aromatic rings. The van der Waals surface area contributed by atoms with E-state index in [2.05, 4.69) is 52.4 Å². The van der Waals surface area contributed by atoms with Crippen molar-refractivity contribution in [1.29, 1.82) is 0 Å². The molecule has 0 aromatic heterocycles. The van der Waals surface area contributed by atoms with E-state index in [0.717, 1.165) is 24.0 Å². The van der Waals surface area contributed by atoms with Gasteiger partial charge in [-0.1, -0.05) is 47.3 Å². The number of ether oxygens (including phenoxy) is 1. The first-order valence-electron chi connectivity index (χ1n) is 7.86. The van der Waals surface area contributed by atoms with Crippen molar-refractivity contribution in [3.8, 4) is 0 Å². The van der Waals surface area contributed by atoms with Gasteiger partial charge in [-0.15, -0.1) is 0 Å². The van der Waals surface area contributed by atoms with Crippen LogP contribution in [0.3, 0.4) is 0 Å². The highest BCUT2D eigenvalue weighted by Crippen LogP contribution is 2.20. The van der Waals surface area contributed by atoms with E-state index in [1.807, 2.05) is 0 Å². The normalized spacial score (nSPS) is 18.1. The van der Waals surface area contributed by atoms with Crippen LogP contribution in [0.15, 0.2) is 28.7 Å². The molecule has 20 heavy (non-hydrogen) atoms. The molecule has 3 heteroatoms. The minimum Gasteiger partial charge on any atom is -0.378 e. The molecule has 0 spiro atoms. The van der Waals surface area contributed by atoms with Crippen molar-refractivity contribution in [3.63, 3.8) is 0 Å². The summed E-state index contributed by atoms with van der Waals surface area (Å²) >= 11 is 3.47. The molecule has 1 saturated carbocycles. The lowest BCUT2D eigenvalue weighted by atomic mass is 9.98. The summed E-state index contributed by atoms with van der Waals surface area (Å²) in [7, 11) is 0. The fraction of sp³-hybridized carbons (Fsp3) is 0.647. The Balaban J connectivity index is 1.57. The molecule has 0 radical (unpaired) electrons. The molecule has 2 nitrogen and oxygen atoms in total. The second kappa shape index (κ2) is 8.81. The standard InChI is InChI=1S/C17H26BrNO/c1-14(15-8-10-16(18)11-9-15)19-12-5-13-20-17-6-3-2-4-7-17/h8-11,14,17,19H,2-7,12-13H2,1H3. The summed E-state index contributed by atoms with van der Waals surface area (Å²) in [6.07, 6.45) is 8.26. The molecular formula is C17H26BrNO. The molecule has 1 aliphatic carbocycles. The third kappa shape index (κ3) is 5.55. The van der Waals surface area contributed by atoms with Crippen LogP contribution < -0.4 is 5.32 Å². The van der Waals surface area contributed by atoms with Crippen LogP contribution in [0.25, 0.3) is 0 Å². The predicted molar refractivity (Wildman–Crippen MR) is 88.0 cm³/mol. The molecule has 0 heterocycles. The van der Waals surface area contributed by atoms with Crippen LogP contribution >= 0.6 is 15.9 Å². The van der Waals surface area contributed by atoms with Crippen molar-refractivity contribution < 1.29 is 4.74 Å². The lowest BCUT2D eigenvalue weighted by Gasteiger charge is -2.22. The van der Waals surface area contributed by atoms with Gasteiger partial charge in [-0.25, -0.2) is 0 Å². The number of hydrogen-bond acceptors (Lipinski definition) is 2. The fourth-order valence-electron chi connectivity index (χ4n) is 2.74. The highest BCUT2D eigenvalue weighted by atomic mass is 79.9. The molecule has 0 saturated heterocycles. The van der Waals surface area contributed by atoms with Gasteiger partial charge in [0.2, 0.25) is 0 Å². The summed E-state index contributed by atoms with van der Waals surface area (Å²) < 4.78 is 7.07. The molecule has 1 N–H and O–H groups in total. The molecular weight excluding hydrogens is 314 g/mol. The van der Waals surface area contributed by atoms with Gasteiger partial charge >= 0.3 is 0 Å². The number of benzene rings is 1. The predicted octanol–water partition coefficient (Wildman–Crippen LogP) is 4.84. The van der Waals surface area contributed by atoms with Crippen LogP contribution in [0, 0.1) is 0 Å². The van der Waals surface area contributed by atoms with E-state index in [0.29, 0.717) is 12.1 Å². The van der Waals surface area contributed by atoms with Crippen LogP contribution in [0.1, 0.15) is 57.1 Å². The van der Waals surface area contributed by atoms with Crippen LogP contribution in [-0.4, -0.2) is 19.3 Å². The highest BCUT2D eigenvalue weighted by molar-refractivity contribution is 9.10. The average molecular weight is 340 g/mol. The molecule has 1 fully saturated rings. The van der Waals surface area contributed by atoms with Gasteiger partial charge in [0, 0.05) is 17.1 Å². The number of rotatable bonds is 7. The van der Waals surface area contributed by atoms with Gasteiger partial charge in [0.15, 0.2) is 0 Å². The van der Waals surface area contributed by atoms with E-state index in [1.165, 1.54) is 37.7 Å². The van der Waals surface area contributed by atoms with Crippen molar-refractivity contribution in [3.05, 3.63) is 34.3 Å². The topological polar surface area (TPSA) is 21.3 Å². The first kappa shape index (κ1) is 16.0. The quantitative estimate of drug-likeness (QED) is 0.717. The maximum Gasteiger partial charge on any atom is 0.0575 e. The maximum atomic E-state index is 5.94. The van der Waals surface area contributed by atoms with Crippen LogP contribution in [-0.2, 0) is 4.74 Å². The summed E-state index contributed by atoms with van der Waals surface area (Å²) in [6.45, 7) is 4.12. The van der Waals surface area contributed by atoms with Crippen molar-refractivity contribution >= 4 is 15.9 Å². The van der Waals surface area contributed by atoms with Crippen LogP contribution in [0.5, 0.6) is 0 Å². The molecule has 0 amide bonds. The minimum atomic E-state index is 0.401. The van der Waals surface area contributed by atoms with Crippen LogP contribution in [0.4, 0.5) is 0 Å². The van der Waals surface area contributed by atoms with Crippen molar-refractivity contribution in [1.82, 2.24) is 5.32 Å². The smallest absolute Gasteiger partial charge is 0.0575 e. The molecule has 1 aromatic carbocycles. The lowest BCUT2D eigenvalue weighted by molar-refractivity contribution is 0.0271. The Bertz CT molecular complexity index is 373. The SMILES string of the molecule is CC(NCCCOC1CCCCC1)c1ccc(Br)cc1. The Morgan fingerprint density at radius 2 is 1.90 bits per heavy atom. The van der Waals surface area contributed by atoms with E-state index >= 15 is 0 Å². The summed E-state index contributed by atoms with van der Waals surface area (Å²) in [5.74, 6) is 0. The highest BCUT2D eigenvalue weighted by Gasteiger charge is 2.13. The van der Waals surface area contributed by atoms with Gasteiger partial charge in [0.05, 0.1) is 6.10 Å². The van der Waals surface area contributed by atoms with E-state index in [9.17, 15) is 0 Å². The van der Waals surface area contributed by atoms with E-state index in [-0.39, 0.29) is 0 Å². The Morgan fingerprint density at radius 1 is 1.20 bits per heavy atom. The molecule has 1 atom stereocenters. The Labute approximate surface area is 131 Å². The fourth-order valence-corrected chi connectivity index (χ4v) is 3.01. The zero-order valence-electron chi connectivity index (χ0n) is 12.4. The molecule has 2 rings (SSSR count). The van der Waals surface area contributed by atoms with E-state index in [4.69, 9.17) is 4.74 Å². The van der Waals surface area contributed by atoms with Gasteiger partial charge in [0.1, 0.15) is 0 Å². The van der Waals surface area contributed by atoms with Gasteiger partial charge in [-0.05, 0) is 50.4 Å². The first-order valence-corrected chi connectivity index (χ1v) is 8.65.